The number of hydrogen-bond donors (Lipinski definition) is 0. The van der Waals surface area contributed by atoms with Crippen LogP contribution < -0.4 is 0 Å². The molecule has 1 amide bonds. The highest BCUT2D eigenvalue weighted by Crippen LogP contribution is 2.35. The zero-order valence-electron chi connectivity index (χ0n) is 17.2. The van der Waals surface area contributed by atoms with E-state index in [0.29, 0.717) is 26.4 Å². The Bertz CT molecular complexity index is 1400. The Kier molecular flexibility index (Phi) is 6.01. The van der Waals surface area contributed by atoms with Crippen molar-refractivity contribution in [3.63, 3.8) is 0 Å². The van der Waals surface area contributed by atoms with Crippen LogP contribution in [0.1, 0.15) is 16.7 Å². The van der Waals surface area contributed by atoms with E-state index >= 15 is 0 Å². The molecular formula is C25H17ClFN3OS2. The Morgan fingerprint density at radius 1 is 1.09 bits per heavy atom. The van der Waals surface area contributed by atoms with Crippen LogP contribution in [0.5, 0.6) is 0 Å². The van der Waals surface area contributed by atoms with Crippen LogP contribution in [-0.4, -0.2) is 24.7 Å². The predicted molar refractivity (Wildman–Crippen MR) is 135 cm³/mol. The largest absolute Gasteiger partial charge is 0.342 e. The number of carbonyl (C=O) groups excluding carboxylic acids is 1. The van der Waals surface area contributed by atoms with Crippen molar-refractivity contribution in [3.8, 4) is 0 Å². The van der Waals surface area contributed by atoms with Crippen molar-refractivity contribution >= 4 is 62.8 Å². The van der Waals surface area contributed by atoms with Gasteiger partial charge in [-0.25, -0.2) is 4.39 Å². The normalized spacial score (nSPS) is 15.2. The number of para-hydroxylation sites is 1. The van der Waals surface area contributed by atoms with Crippen molar-refractivity contribution < 1.29 is 9.18 Å². The van der Waals surface area contributed by atoms with E-state index in [9.17, 15) is 9.18 Å². The van der Waals surface area contributed by atoms with Crippen LogP contribution in [0.4, 0.5) is 4.39 Å². The van der Waals surface area contributed by atoms with Crippen molar-refractivity contribution in [1.29, 1.82) is 0 Å². The quantitative estimate of drug-likeness (QED) is 0.242. The standard InChI is InChI=1S/C25H17ClFN3OS2/c26-20-7-3-8-21(27)19(20)15-29-14-17(18-6-1-2-9-22(18)29)11-23-24(31)30(25(32)33-23)13-16-5-4-10-28-12-16/h1-12,14H,13,15H2/b23-11-. The summed E-state index contributed by atoms with van der Waals surface area (Å²) >= 11 is 13.0. The van der Waals surface area contributed by atoms with Gasteiger partial charge in [0.25, 0.3) is 5.91 Å². The molecule has 1 aliphatic heterocycles. The molecule has 0 saturated carbocycles. The van der Waals surface area contributed by atoms with E-state index in [1.165, 1.54) is 17.8 Å². The van der Waals surface area contributed by atoms with E-state index in [2.05, 4.69) is 4.98 Å². The van der Waals surface area contributed by atoms with E-state index in [0.717, 1.165) is 22.0 Å². The number of rotatable bonds is 5. The summed E-state index contributed by atoms with van der Waals surface area (Å²) in [6.45, 7) is 0.658. The summed E-state index contributed by atoms with van der Waals surface area (Å²) in [6, 6.07) is 16.2. The summed E-state index contributed by atoms with van der Waals surface area (Å²) in [4.78, 5) is 19.3. The van der Waals surface area contributed by atoms with Gasteiger partial charge in [0.15, 0.2) is 0 Å². The zero-order chi connectivity index (χ0) is 22.9. The molecule has 0 radical (unpaired) electrons. The molecule has 164 valence electrons. The highest BCUT2D eigenvalue weighted by molar-refractivity contribution is 8.26. The molecule has 4 nitrogen and oxygen atoms in total. The number of amides is 1. The molecule has 5 rings (SSSR count). The Morgan fingerprint density at radius 2 is 1.94 bits per heavy atom. The second-order valence-corrected chi connectivity index (χ2v) is 9.64. The molecule has 2 aromatic carbocycles. The van der Waals surface area contributed by atoms with Gasteiger partial charge in [-0.3, -0.25) is 14.7 Å². The van der Waals surface area contributed by atoms with E-state index < -0.39 is 0 Å². The molecule has 0 spiro atoms. The molecule has 3 heterocycles. The molecule has 0 aliphatic carbocycles. The Labute approximate surface area is 204 Å². The maximum atomic E-state index is 14.4. The average molecular weight is 494 g/mol. The number of thiocarbonyl (C=S) groups is 1. The number of aromatic nitrogens is 2. The lowest BCUT2D eigenvalue weighted by molar-refractivity contribution is -0.122. The predicted octanol–water partition coefficient (Wildman–Crippen LogP) is 6.28. The third-order valence-electron chi connectivity index (χ3n) is 5.43. The number of halogens is 2. The van der Waals surface area contributed by atoms with Crippen molar-refractivity contribution in [2.75, 3.05) is 0 Å². The van der Waals surface area contributed by atoms with E-state index in [-0.39, 0.29) is 18.3 Å². The number of carbonyl (C=O) groups is 1. The maximum Gasteiger partial charge on any atom is 0.266 e. The highest BCUT2D eigenvalue weighted by Gasteiger charge is 2.32. The minimum Gasteiger partial charge on any atom is -0.342 e. The zero-order valence-corrected chi connectivity index (χ0v) is 19.6. The highest BCUT2D eigenvalue weighted by atomic mass is 35.5. The van der Waals surface area contributed by atoms with E-state index in [4.69, 9.17) is 23.8 Å². The second kappa shape index (κ2) is 9.09. The lowest BCUT2D eigenvalue weighted by atomic mass is 10.1. The molecule has 8 heteroatoms. The van der Waals surface area contributed by atoms with Gasteiger partial charge in [0.05, 0.1) is 18.0 Å². The Hall–Kier alpha value is -3.00. The topological polar surface area (TPSA) is 38.1 Å². The summed E-state index contributed by atoms with van der Waals surface area (Å²) in [5.41, 5.74) is 3.12. The van der Waals surface area contributed by atoms with Crippen molar-refractivity contribution in [2.45, 2.75) is 13.1 Å². The first-order valence-corrected chi connectivity index (χ1v) is 11.8. The third kappa shape index (κ3) is 4.31. The van der Waals surface area contributed by atoms with Crippen molar-refractivity contribution in [1.82, 2.24) is 14.5 Å². The molecule has 0 bridgehead atoms. The smallest absolute Gasteiger partial charge is 0.266 e. The van der Waals surface area contributed by atoms with Crippen LogP contribution in [-0.2, 0) is 17.9 Å². The number of nitrogens with zero attached hydrogens (tertiary/aromatic N) is 3. The molecule has 1 aliphatic rings. The summed E-state index contributed by atoms with van der Waals surface area (Å²) < 4.78 is 16.9. The van der Waals surface area contributed by atoms with Gasteiger partial charge < -0.3 is 4.57 Å². The fourth-order valence-corrected chi connectivity index (χ4v) is 5.30. The Balaban J connectivity index is 1.49. The van der Waals surface area contributed by atoms with Gasteiger partial charge in [0.2, 0.25) is 0 Å². The number of thioether (sulfide) groups is 1. The lowest BCUT2D eigenvalue weighted by Crippen LogP contribution is -2.27. The molecule has 1 fully saturated rings. The van der Waals surface area contributed by atoms with Gasteiger partial charge in [-0.2, -0.15) is 0 Å². The minimum absolute atomic E-state index is 0.136. The monoisotopic (exact) mass is 493 g/mol. The molecule has 0 N–H and O–H groups in total. The molecule has 4 aromatic rings. The molecular weight excluding hydrogens is 477 g/mol. The van der Waals surface area contributed by atoms with Crippen LogP contribution in [0.25, 0.3) is 17.0 Å². The van der Waals surface area contributed by atoms with Gasteiger partial charge in [-0.05, 0) is 35.9 Å². The average Bonchev–Trinajstić information content (AvgIpc) is 3.29. The number of pyridine rings is 1. The van der Waals surface area contributed by atoms with E-state index in [1.807, 2.05) is 53.2 Å². The summed E-state index contributed by atoms with van der Waals surface area (Å²) in [5.74, 6) is -0.485. The van der Waals surface area contributed by atoms with Gasteiger partial charge in [0.1, 0.15) is 10.1 Å². The van der Waals surface area contributed by atoms with Gasteiger partial charge in [-0.1, -0.05) is 65.9 Å². The number of fused-ring (bicyclic) bond motifs is 1. The number of hydrogen-bond acceptors (Lipinski definition) is 4. The first-order valence-electron chi connectivity index (χ1n) is 10.2. The third-order valence-corrected chi connectivity index (χ3v) is 7.17. The van der Waals surface area contributed by atoms with Crippen LogP contribution >= 0.6 is 35.6 Å². The van der Waals surface area contributed by atoms with Crippen LogP contribution in [0.3, 0.4) is 0 Å². The van der Waals surface area contributed by atoms with Gasteiger partial charge in [0, 0.05) is 45.6 Å². The van der Waals surface area contributed by atoms with E-state index in [1.54, 1.807) is 29.4 Å². The summed E-state index contributed by atoms with van der Waals surface area (Å²) in [5, 5.41) is 1.34. The molecule has 0 unspecified atom stereocenters. The summed E-state index contributed by atoms with van der Waals surface area (Å²) in [6.07, 6.45) is 7.19. The fourth-order valence-electron chi connectivity index (χ4n) is 3.83. The molecule has 33 heavy (non-hydrogen) atoms. The summed E-state index contributed by atoms with van der Waals surface area (Å²) in [7, 11) is 0. The van der Waals surface area contributed by atoms with Crippen LogP contribution in [0.2, 0.25) is 5.02 Å². The minimum atomic E-state index is -0.349. The van der Waals surface area contributed by atoms with Gasteiger partial charge in [-0.15, -0.1) is 0 Å². The van der Waals surface area contributed by atoms with Gasteiger partial charge >= 0.3 is 0 Å². The van der Waals surface area contributed by atoms with Crippen LogP contribution in [0, 0.1) is 5.82 Å². The van der Waals surface area contributed by atoms with Crippen LogP contribution in [0.15, 0.2) is 78.1 Å². The first-order chi connectivity index (χ1) is 16.0. The second-order valence-electron chi connectivity index (χ2n) is 7.56. The molecule has 0 atom stereocenters. The van der Waals surface area contributed by atoms with Crippen molar-refractivity contribution in [3.05, 3.63) is 106 Å². The molecule has 1 saturated heterocycles. The Morgan fingerprint density at radius 3 is 2.73 bits per heavy atom. The van der Waals surface area contributed by atoms with Crippen molar-refractivity contribution in [2.24, 2.45) is 0 Å². The fraction of sp³-hybridized carbons (Fsp3) is 0.0800. The first kappa shape index (κ1) is 21.8. The number of benzene rings is 2. The SMILES string of the molecule is O=C1/C(=C/c2cn(Cc3c(F)cccc3Cl)c3ccccc23)SC(=S)N1Cc1cccnc1. The maximum absolute atomic E-state index is 14.4. The lowest BCUT2D eigenvalue weighted by Gasteiger charge is -2.13. The molecule has 2 aromatic heterocycles.